The first-order valence-electron chi connectivity index (χ1n) is 10.0. The second kappa shape index (κ2) is 8.89. The third-order valence-corrected chi connectivity index (χ3v) is 5.92. The maximum atomic E-state index is 12.6. The molecule has 28 heavy (non-hydrogen) atoms. The summed E-state index contributed by atoms with van der Waals surface area (Å²) in [6.07, 6.45) is 6.78. The van der Waals surface area contributed by atoms with Gasteiger partial charge in [-0.25, -0.2) is 4.98 Å². The molecule has 0 aliphatic carbocycles. The van der Waals surface area contributed by atoms with Crippen LogP contribution in [-0.2, 0) is 6.42 Å². The van der Waals surface area contributed by atoms with Crippen molar-refractivity contribution in [3.8, 4) is 0 Å². The van der Waals surface area contributed by atoms with Gasteiger partial charge in [0.25, 0.3) is 0 Å². The highest BCUT2D eigenvalue weighted by Gasteiger charge is 2.25. The molecule has 1 aromatic heterocycles. The van der Waals surface area contributed by atoms with Gasteiger partial charge in [0.15, 0.2) is 17.8 Å². The van der Waals surface area contributed by atoms with Gasteiger partial charge in [0.2, 0.25) is 0 Å². The molecule has 1 aliphatic rings. The number of ketones is 1. The van der Waals surface area contributed by atoms with Gasteiger partial charge in [-0.15, -0.1) is 0 Å². The normalized spacial score (nSPS) is 15.9. The first-order valence-corrected chi connectivity index (χ1v) is 10.4. The second-order valence-electron chi connectivity index (χ2n) is 7.60. The van der Waals surface area contributed by atoms with Gasteiger partial charge in [-0.1, -0.05) is 17.7 Å². The van der Waals surface area contributed by atoms with Crippen molar-refractivity contribution in [3.63, 3.8) is 0 Å². The number of hydrogen-bond donors (Lipinski definition) is 0. The number of halogens is 1. The number of hydrogen-bond acceptors (Lipinski definition) is 4. The molecule has 146 valence electrons. The van der Waals surface area contributed by atoms with E-state index in [9.17, 15) is 4.79 Å². The minimum Gasteiger partial charge on any atom is -0.443 e. The summed E-state index contributed by atoms with van der Waals surface area (Å²) in [6.45, 7) is 3.12. The molecule has 0 unspecified atom stereocenters. The van der Waals surface area contributed by atoms with Gasteiger partial charge in [-0.05, 0) is 93.7 Å². The third-order valence-electron chi connectivity index (χ3n) is 5.67. The summed E-state index contributed by atoms with van der Waals surface area (Å²) in [5, 5.41) is 0.673. The van der Waals surface area contributed by atoms with Crippen LogP contribution < -0.4 is 0 Å². The molecule has 2 heterocycles. The fourth-order valence-corrected chi connectivity index (χ4v) is 4.11. The number of fused-ring (bicyclic) bond motifs is 1. The summed E-state index contributed by atoms with van der Waals surface area (Å²) < 4.78 is 5.37. The zero-order valence-corrected chi connectivity index (χ0v) is 16.7. The number of Topliss-reactive ketones (excluding diaryl/α,β-unsaturated/α-hetero) is 1. The molecule has 0 saturated carbocycles. The largest absolute Gasteiger partial charge is 0.443 e. The lowest BCUT2D eigenvalue weighted by Gasteiger charge is -2.31. The van der Waals surface area contributed by atoms with Gasteiger partial charge >= 0.3 is 0 Å². The maximum Gasteiger partial charge on any atom is 0.181 e. The summed E-state index contributed by atoms with van der Waals surface area (Å²) in [7, 11) is 0. The van der Waals surface area contributed by atoms with Crippen molar-refractivity contribution in [2.75, 3.05) is 19.6 Å². The van der Waals surface area contributed by atoms with Crippen LogP contribution in [0.2, 0.25) is 5.02 Å². The zero-order chi connectivity index (χ0) is 19.3. The summed E-state index contributed by atoms with van der Waals surface area (Å²) >= 11 is 5.92. The molecule has 4 rings (SSSR count). The number of aryl methyl sites for hydroxylation is 1. The van der Waals surface area contributed by atoms with Crippen LogP contribution in [0, 0.1) is 5.92 Å². The molecule has 0 atom stereocenters. The first kappa shape index (κ1) is 19.2. The quantitative estimate of drug-likeness (QED) is 0.396. The lowest BCUT2D eigenvalue weighted by molar-refractivity contribution is 0.0839. The van der Waals surface area contributed by atoms with E-state index >= 15 is 0 Å². The van der Waals surface area contributed by atoms with Crippen LogP contribution >= 0.6 is 11.6 Å². The lowest BCUT2D eigenvalue weighted by Crippen LogP contribution is -2.36. The number of unbranched alkanes of at least 4 members (excludes halogenated alkanes) is 1. The topological polar surface area (TPSA) is 46.3 Å². The summed E-state index contributed by atoms with van der Waals surface area (Å²) in [4.78, 5) is 19.3. The van der Waals surface area contributed by atoms with E-state index in [0.717, 1.165) is 62.0 Å². The molecule has 1 fully saturated rings. The summed E-state index contributed by atoms with van der Waals surface area (Å²) in [5.74, 6) is 0.408. The van der Waals surface area contributed by atoms with Crippen LogP contribution in [0.4, 0.5) is 0 Å². The van der Waals surface area contributed by atoms with Crippen LogP contribution in [0.5, 0.6) is 0 Å². The first-order chi connectivity index (χ1) is 13.7. The van der Waals surface area contributed by atoms with Crippen molar-refractivity contribution in [3.05, 3.63) is 65.0 Å². The van der Waals surface area contributed by atoms with E-state index in [1.54, 1.807) is 12.1 Å². The molecule has 3 aromatic rings. The van der Waals surface area contributed by atoms with Gasteiger partial charge in [0, 0.05) is 16.5 Å². The van der Waals surface area contributed by atoms with Crippen LogP contribution in [0.15, 0.2) is 53.3 Å². The molecule has 4 nitrogen and oxygen atoms in total. The Hall–Kier alpha value is -2.17. The van der Waals surface area contributed by atoms with E-state index < -0.39 is 0 Å². The van der Waals surface area contributed by atoms with E-state index in [1.165, 1.54) is 18.4 Å². The Morgan fingerprint density at radius 2 is 1.89 bits per heavy atom. The Kier molecular flexibility index (Phi) is 6.08. The molecular weight excluding hydrogens is 372 g/mol. The second-order valence-corrected chi connectivity index (χ2v) is 8.04. The average Bonchev–Trinajstić information content (AvgIpc) is 3.20. The monoisotopic (exact) mass is 396 g/mol. The lowest BCUT2D eigenvalue weighted by atomic mass is 9.89. The van der Waals surface area contributed by atoms with Gasteiger partial charge in [-0.3, -0.25) is 4.79 Å². The number of benzene rings is 2. The Labute approximate surface area is 170 Å². The number of carbonyl (C=O) groups is 1. The maximum absolute atomic E-state index is 12.6. The molecule has 0 amide bonds. The molecule has 1 aliphatic heterocycles. The molecule has 1 saturated heterocycles. The number of aromatic nitrogens is 1. The van der Waals surface area contributed by atoms with Crippen LogP contribution in [0.3, 0.4) is 0 Å². The third kappa shape index (κ3) is 4.62. The average molecular weight is 397 g/mol. The van der Waals surface area contributed by atoms with Crippen molar-refractivity contribution in [2.24, 2.45) is 5.92 Å². The smallest absolute Gasteiger partial charge is 0.181 e. The highest BCUT2D eigenvalue weighted by Crippen LogP contribution is 2.23. The van der Waals surface area contributed by atoms with Crippen LogP contribution in [-0.4, -0.2) is 35.3 Å². The number of oxazole rings is 1. The standard InChI is InChI=1S/C23H25ClN2O2/c24-20-7-5-18(6-8-20)23(27)19-10-13-26(14-11-19)12-2-1-3-17-4-9-21-22(15-17)28-16-25-21/h4-9,15-16,19H,1-3,10-14H2. The SMILES string of the molecule is O=C(c1ccc(Cl)cc1)C1CCN(CCCCc2ccc3ncoc3c2)CC1. The molecule has 0 spiro atoms. The van der Waals surface area contributed by atoms with Crippen molar-refractivity contribution >= 4 is 28.5 Å². The fraction of sp³-hybridized carbons (Fsp3) is 0.391. The van der Waals surface area contributed by atoms with E-state index in [4.69, 9.17) is 16.0 Å². The van der Waals surface area contributed by atoms with Gasteiger partial charge < -0.3 is 9.32 Å². The minimum absolute atomic E-state index is 0.144. The van der Waals surface area contributed by atoms with Crippen molar-refractivity contribution in [1.82, 2.24) is 9.88 Å². The molecular formula is C23H25ClN2O2. The van der Waals surface area contributed by atoms with Gasteiger partial charge in [-0.2, -0.15) is 0 Å². The number of carbonyl (C=O) groups excluding carboxylic acids is 1. The van der Waals surface area contributed by atoms with Crippen molar-refractivity contribution in [1.29, 1.82) is 0 Å². The van der Waals surface area contributed by atoms with Crippen LogP contribution in [0.25, 0.3) is 11.1 Å². The highest BCUT2D eigenvalue weighted by atomic mass is 35.5. The minimum atomic E-state index is 0.144. The Morgan fingerprint density at radius 1 is 1.11 bits per heavy atom. The summed E-state index contributed by atoms with van der Waals surface area (Å²) in [6, 6.07) is 13.5. The molecule has 0 N–H and O–H groups in total. The number of nitrogens with zero attached hydrogens (tertiary/aromatic N) is 2. The molecule has 2 aromatic carbocycles. The molecule has 0 bridgehead atoms. The van der Waals surface area contributed by atoms with E-state index in [0.29, 0.717) is 5.02 Å². The highest BCUT2D eigenvalue weighted by molar-refractivity contribution is 6.30. The Morgan fingerprint density at radius 3 is 2.68 bits per heavy atom. The predicted octanol–water partition coefficient (Wildman–Crippen LogP) is 5.40. The Balaban J connectivity index is 1.18. The van der Waals surface area contributed by atoms with E-state index in [-0.39, 0.29) is 11.7 Å². The Bertz CT molecular complexity index is 927. The zero-order valence-electron chi connectivity index (χ0n) is 15.9. The van der Waals surface area contributed by atoms with Gasteiger partial charge in [0.1, 0.15) is 5.52 Å². The predicted molar refractivity (Wildman–Crippen MR) is 112 cm³/mol. The van der Waals surface area contributed by atoms with E-state index in [1.807, 2.05) is 18.2 Å². The number of rotatable bonds is 7. The van der Waals surface area contributed by atoms with Gasteiger partial charge in [0.05, 0.1) is 0 Å². The summed E-state index contributed by atoms with van der Waals surface area (Å²) in [5.41, 5.74) is 3.87. The number of piperidine rings is 1. The van der Waals surface area contributed by atoms with Crippen molar-refractivity contribution < 1.29 is 9.21 Å². The van der Waals surface area contributed by atoms with E-state index in [2.05, 4.69) is 22.0 Å². The van der Waals surface area contributed by atoms with Crippen molar-refractivity contribution in [2.45, 2.75) is 32.1 Å². The van der Waals surface area contributed by atoms with Crippen LogP contribution in [0.1, 0.15) is 41.6 Å². The molecule has 5 heteroatoms. The molecule has 0 radical (unpaired) electrons. The fourth-order valence-electron chi connectivity index (χ4n) is 3.99. The number of likely N-dealkylation sites (tertiary alicyclic amines) is 1.